The summed E-state index contributed by atoms with van der Waals surface area (Å²) in [6, 6.07) is 13.9. The lowest BCUT2D eigenvalue weighted by Gasteiger charge is -2.32. The molecule has 0 spiro atoms. The first kappa shape index (κ1) is 33.3. The SMILES string of the molecule is COc1ccc(S(=O)(=O)N(CC(=O)N(Cc2ccc(Cl)c(Cl)c2)[C@H](C)C(=O)NC(C)C)c2ccc(Cl)cc2)cc1OC. The number of nitrogens with zero attached hydrogens (tertiary/aromatic N) is 2. The van der Waals surface area contributed by atoms with Gasteiger partial charge in [-0.15, -0.1) is 0 Å². The Labute approximate surface area is 261 Å². The summed E-state index contributed by atoms with van der Waals surface area (Å²) in [7, 11) is -1.51. The van der Waals surface area contributed by atoms with E-state index in [4.69, 9.17) is 44.3 Å². The second-order valence-electron chi connectivity index (χ2n) is 9.61. The van der Waals surface area contributed by atoms with E-state index in [1.165, 1.54) is 61.6 Å². The zero-order chi connectivity index (χ0) is 31.2. The molecule has 0 unspecified atom stereocenters. The summed E-state index contributed by atoms with van der Waals surface area (Å²) < 4.78 is 39.6. The minimum atomic E-state index is -4.34. The molecular formula is C29H32Cl3N3O6S. The highest BCUT2D eigenvalue weighted by Crippen LogP contribution is 2.33. The van der Waals surface area contributed by atoms with Gasteiger partial charge < -0.3 is 19.7 Å². The highest BCUT2D eigenvalue weighted by atomic mass is 35.5. The predicted octanol–water partition coefficient (Wildman–Crippen LogP) is 5.80. The van der Waals surface area contributed by atoms with Crippen molar-refractivity contribution >= 4 is 62.3 Å². The Kier molecular flexibility index (Phi) is 11.4. The Morgan fingerprint density at radius 2 is 1.50 bits per heavy atom. The van der Waals surface area contributed by atoms with E-state index in [9.17, 15) is 18.0 Å². The number of anilines is 1. The fourth-order valence-corrected chi connectivity index (χ4v) is 5.94. The average molecular weight is 657 g/mol. The van der Waals surface area contributed by atoms with Crippen LogP contribution in [0.5, 0.6) is 11.5 Å². The molecule has 0 heterocycles. The van der Waals surface area contributed by atoms with E-state index in [2.05, 4.69) is 5.32 Å². The molecule has 0 aliphatic rings. The van der Waals surface area contributed by atoms with Gasteiger partial charge in [-0.05, 0) is 74.9 Å². The number of hydrogen-bond donors (Lipinski definition) is 1. The molecule has 0 bridgehead atoms. The molecule has 3 aromatic rings. The Bertz CT molecular complexity index is 1530. The van der Waals surface area contributed by atoms with Gasteiger partial charge in [0.05, 0.1) is 34.8 Å². The van der Waals surface area contributed by atoms with Crippen molar-refractivity contribution in [3.63, 3.8) is 0 Å². The zero-order valence-electron chi connectivity index (χ0n) is 23.7. The zero-order valence-corrected chi connectivity index (χ0v) is 26.8. The third kappa shape index (κ3) is 8.01. The van der Waals surface area contributed by atoms with Crippen molar-refractivity contribution in [2.45, 2.75) is 44.3 Å². The summed E-state index contributed by atoms with van der Waals surface area (Å²) in [4.78, 5) is 28.2. The summed E-state index contributed by atoms with van der Waals surface area (Å²) in [6.45, 7) is 4.51. The van der Waals surface area contributed by atoms with Crippen molar-refractivity contribution in [1.29, 1.82) is 0 Å². The topological polar surface area (TPSA) is 105 Å². The summed E-state index contributed by atoms with van der Waals surface area (Å²) in [5, 5.41) is 3.80. The Balaban J connectivity index is 2.08. The van der Waals surface area contributed by atoms with Crippen molar-refractivity contribution in [2.24, 2.45) is 0 Å². The van der Waals surface area contributed by atoms with Crippen LogP contribution in [0, 0.1) is 0 Å². The molecule has 9 nitrogen and oxygen atoms in total. The van der Waals surface area contributed by atoms with Gasteiger partial charge in [-0.2, -0.15) is 0 Å². The fraction of sp³-hybridized carbons (Fsp3) is 0.310. The number of amides is 2. The molecule has 0 saturated heterocycles. The van der Waals surface area contributed by atoms with Crippen LogP contribution in [0.1, 0.15) is 26.3 Å². The van der Waals surface area contributed by atoms with Crippen LogP contribution in [-0.2, 0) is 26.2 Å². The first-order valence-electron chi connectivity index (χ1n) is 12.8. The number of carbonyl (C=O) groups is 2. The number of nitrogens with one attached hydrogen (secondary N) is 1. The van der Waals surface area contributed by atoms with Gasteiger partial charge >= 0.3 is 0 Å². The van der Waals surface area contributed by atoms with Crippen molar-refractivity contribution in [3.05, 3.63) is 81.3 Å². The van der Waals surface area contributed by atoms with E-state index in [1.54, 1.807) is 39.0 Å². The maximum atomic E-state index is 14.0. The number of hydrogen-bond acceptors (Lipinski definition) is 6. The first-order chi connectivity index (χ1) is 19.8. The molecule has 0 aromatic heterocycles. The van der Waals surface area contributed by atoms with E-state index in [-0.39, 0.29) is 33.9 Å². The van der Waals surface area contributed by atoms with E-state index >= 15 is 0 Å². The van der Waals surface area contributed by atoms with Crippen molar-refractivity contribution < 1.29 is 27.5 Å². The van der Waals surface area contributed by atoms with Gasteiger partial charge in [-0.1, -0.05) is 40.9 Å². The van der Waals surface area contributed by atoms with Crippen LogP contribution in [0.2, 0.25) is 15.1 Å². The van der Waals surface area contributed by atoms with Crippen LogP contribution in [-0.4, -0.2) is 58.0 Å². The van der Waals surface area contributed by atoms with E-state index in [0.717, 1.165) is 4.31 Å². The van der Waals surface area contributed by atoms with Crippen molar-refractivity contribution in [1.82, 2.24) is 10.2 Å². The molecule has 0 aliphatic carbocycles. The standard InChI is InChI=1S/C29H32Cl3N3O6S/c1-18(2)33-29(37)19(3)34(16-20-6-12-24(31)25(32)14-20)28(36)17-35(22-9-7-21(30)8-10-22)42(38,39)23-11-13-26(40-4)27(15-23)41-5/h6-15,18-19H,16-17H2,1-5H3,(H,33,37)/t19-/m1/s1. The van der Waals surface area contributed by atoms with Gasteiger partial charge in [0.15, 0.2) is 11.5 Å². The number of methoxy groups -OCH3 is 2. The second-order valence-corrected chi connectivity index (χ2v) is 12.7. The average Bonchev–Trinajstić information content (AvgIpc) is 2.95. The van der Waals surface area contributed by atoms with Crippen LogP contribution in [0.25, 0.3) is 0 Å². The minimum Gasteiger partial charge on any atom is -0.493 e. The molecular weight excluding hydrogens is 625 g/mol. The van der Waals surface area contributed by atoms with Crippen LogP contribution < -0.4 is 19.1 Å². The number of ether oxygens (including phenoxy) is 2. The molecule has 226 valence electrons. The van der Waals surface area contributed by atoms with Gasteiger partial charge in [-0.25, -0.2) is 8.42 Å². The molecule has 42 heavy (non-hydrogen) atoms. The highest BCUT2D eigenvalue weighted by molar-refractivity contribution is 7.92. The Hall–Kier alpha value is -3.18. The van der Waals surface area contributed by atoms with Crippen LogP contribution >= 0.6 is 34.8 Å². The number of carbonyl (C=O) groups excluding carboxylic acids is 2. The maximum Gasteiger partial charge on any atom is 0.264 e. The maximum absolute atomic E-state index is 14.0. The largest absolute Gasteiger partial charge is 0.493 e. The lowest BCUT2D eigenvalue weighted by Crippen LogP contribution is -2.52. The van der Waals surface area contributed by atoms with Gasteiger partial charge in [-0.3, -0.25) is 13.9 Å². The number of halogens is 3. The number of rotatable bonds is 12. The fourth-order valence-electron chi connectivity index (χ4n) is 4.06. The molecule has 1 N–H and O–H groups in total. The molecule has 0 aliphatic heterocycles. The first-order valence-corrected chi connectivity index (χ1v) is 15.4. The molecule has 3 rings (SSSR count). The quantitative estimate of drug-likeness (QED) is 0.264. The highest BCUT2D eigenvalue weighted by Gasteiger charge is 2.33. The smallest absolute Gasteiger partial charge is 0.264 e. The van der Waals surface area contributed by atoms with Gasteiger partial charge in [0, 0.05) is 23.7 Å². The molecule has 13 heteroatoms. The number of benzene rings is 3. The number of sulfonamides is 1. The molecule has 2 amide bonds. The van der Waals surface area contributed by atoms with Crippen LogP contribution in [0.3, 0.4) is 0 Å². The Morgan fingerprint density at radius 1 is 0.857 bits per heavy atom. The van der Waals surface area contributed by atoms with Gasteiger partial charge in [0.2, 0.25) is 11.8 Å². The van der Waals surface area contributed by atoms with E-state index < -0.39 is 34.4 Å². The molecule has 1 atom stereocenters. The summed E-state index contributed by atoms with van der Waals surface area (Å²) in [6.07, 6.45) is 0. The van der Waals surface area contributed by atoms with Crippen molar-refractivity contribution in [2.75, 3.05) is 25.1 Å². The third-order valence-corrected chi connectivity index (χ3v) is 9.03. The van der Waals surface area contributed by atoms with E-state index in [1.807, 2.05) is 0 Å². The molecule has 3 aromatic carbocycles. The van der Waals surface area contributed by atoms with Crippen LogP contribution in [0.15, 0.2) is 65.6 Å². The summed E-state index contributed by atoms with van der Waals surface area (Å²) in [5.41, 5.74) is 0.791. The third-order valence-electron chi connectivity index (χ3n) is 6.27. The lowest BCUT2D eigenvalue weighted by molar-refractivity contribution is -0.139. The minimum absolute atomic E-state index is 0.0345. The molecule has 0 saturated carbocycles. The summed E-state index contributed by atoms with van der Waals surface area (Å²) >= 11 is 18.3. The Morgan fingerprint density at radius 3 is 2.07 bits per heavy atom. The summed E-state index contributed by atoms with van der Waals surface area (Å²) in [5.74, 6) is -0.504. The van der Waals surface area contributed by atoms with Crippen molar-refractivity contribution in [3.8, 4) is 11.5 Å². The van der Waals surface area contributed by atoms with Crippen LogP contribution in [0.4, 0.5) is 5.69 Å². The second kappa shape index (κ2) is 14.3. The van der Waals surface area contributed by atoms with Gasteiger partial charge in [0.1, 0.15) is 12.6 Å². The molecule has 0 radical (unpaired) electrons. The molecule has 0 fully saturated rings. The van der Waals surface area contributed by atoms with E-state index in [0.29, 0.717) is 21.4 Å². The predicted molar refractivity (Wildman–Crippen MR) is 165 cm³/mol. The normalized spacial score (nSPS) is 12.0. The van der Waals surface area contributed by atoms with Gasteiger partial charge in [0.25, 0.3) is 10.0 Å². The monoisotopic (exact) mass is 655 g/mol. The lowest BCUT2D eigenvalue weighted by atomic mass is 10.1.